The molecule has 292 valence electrons. The molecule has 1 saturated carbocycles. The first-order chi connectivity index (χ1) is 25.7. The molecule has 7 atom stereocenters. The van der Waals surface area contributed by atoms with Crippen LogP contribution in [-0.2, 0) is 35.2 Å². The van der Waals surface area contributed by atoms with Crippen LogP contribution in [-0.4, -0.2) is 97.5 Å². The van der Waals surface area contributed by atoms with Crippen LogP contribution in [0.5, 0.6) is 0 Å². The van der Waals surface area contributed by atoms with Crippen molar-refractivity contribution >= 4 is 41.3 Å². The topological polar surface area (TPSA) is 217 Å². The highest BCUT2D eigenvalue weighted by atomic mass is 16.4. The van der Waals surface area contributed by atoms with Gasteiger partial charge in [0.05, 0.1) is 12.2 Å². The van der Waals surface area contributed by atoms with Crippen LogP contribution in [0, 0.1) is 17.8 Å². The Morgan fingerprint density at radius 3 is 2.15 bits per heavy atom. The molecular weight excluding hydrogens is 694 g/mol. The van der Waals surface area contributed by atoms with Gasteiger partial charge in [-0.3, -0.25) is 33.8 Å². The Morgan fingerprint density at radius 2 is 1.54 bits per heavy atom. The molecule has 1 aliphatic heterocycles. The second-order valence-electron chi connectivity index (χ2n) is 14.9. The van der Waals surface area contributed by atoms with Gasteiger partial charge in [-0.25, -0.2) is 9.78 Å². The lowest BCUT2D eigenvalue weighted by Crippen LogP contribution is -2.61. The quantitative estimate of drug-likeness (QED) is 0.149. The van der Waals surface area contributed by atoms with Gasteiger partial charge in [0.2, 0.25) is 23.5 Å². The Labute approximate surface area is 315 Å². The number of Topliss-reactive ketones (excluding diaryl/α,β-unsaturated/α-hetero) is 1. The SMILES string of the molecule is CCCC(NC(=O)[C@@H]1CC2CCCCC2N1C(=O)[C@@H](NC(=O)[C@@H](NC(=O)c1cnccn1)C(C)C)C(C)C)C(=O)C(=O)N[C@@H](Cc1ccccc1)C(=O)O. The molecular formula is C39H53N7O8. The van der Waals surface area contributed by atoms with E-state index >= 15 is 0 Å². The number of hydrogen-bond donors (Lipinski definition) is 5. The van der Waals surface area contributed by atoms with Gasteiger partial charge in [0, 0.05) is 24.9 Å². The summed E-state index contributed by atoms with van der Waals surface area (Å²) in [7, 11) is 0. The van der Waals surface area contributed by atoms with Crippen LogP contribution in [0.4, 0.5) is 0 Å². The molecule has 0 radical (unpaired) electrons. The highest BCUT2D eigenvalue weighted by Gasteiger charge is 2.50. The van der Waals surface area contributed by atoms with Gasteiger partial charge >= 0.3 is 5.97 Å². The first kappa shape index (κ1) is 41.5. The third kappa shape index (κ3) is 10.5. The maximum Gasteiger partial charge on any atom is 0.326 e. The minimum absolute atomic E-state index is 0.0228. The summed E-state index contributed by atoms with van der Waals surface area (Å²) in [5.74, 6) is -6.34. The number of carboxylic acids is 1. The maximum absolute atomic E-state index is 14.6. The van der Waals surface area contributed by atoms with E-state index in [-0.39, 0.29) is 36.4 Å². The fourth-order valence-electron chi connectivity index (χ4n) is 7.36. The molecule has 1 aromatic carbocycles. The van der Waals surface area contributed by atoms with E-state index in [1.54, 1.807) is 69.9 Å². The molecule has 54 heavy (non-hydrogen) atoms. The van der Waals surface area contributed by atoms with Gasteiger partial charge in [-0.15, -0.1) is 0 Å². The number of carboxylic acid groups (broad SMARTS) is 1. The zero-order valence-corrected chi connectivity index (χ0v) is 31.6. The van der Waals surface area contributed by atoms with Crippen LogP contribution in [0.25, 0.3) is 0 Å². The summed E-state index contributed by atoms with van der Waals surface area (Å²) in [5.41, 5.74) is 0.693. The number of aliphatic carboxylic acids is 1. The van der Waals surface area contributed by atoms with Crippen LogP contribution >= 0.6 is 0 Å². The second kappa shape index (κ2) is 19.2. The highest BCUT2D eigenvalue weighted by Crippen LogP contribution is 2.40. The molecule has 2 aromatic rings. The minimum Gasteiger partial charge on any atom is -0.480 e. The zero-order chi connectivity index (χ0) is 39.5. The molecule has 2 aliphatic rings. The van der Waals surface area contributed by atoms with Gasteiger partial charge in [-0.2, -0.15) is 0 Å². The molecule has 5 N–H and O–H groups in total. The van der Waals surface area contributed by atoms with Crippen molar-refractivity contribution in [3.05, 3.63) is 60.2 Å². The molecule has 1 aliphatic carbocycles. The van der Waals surface area contributed by atoms with Crippen molar-refractivity contribution in [2.45, 2.75) is 122 Å². The van der Waals surface area contributed by atoms with Crippen molar-refractivity contribution in [3.63, 3.8) is 0 Å². The smallest absolute Gasteiger partial charge is 0.326 e. The standard InChI is InChI=1S/C39H53N7O8/c1-6-12-26(33(47)37(51)43-27(39(53)54)19-24-13-8-7-9-14-24)42-35(49)30-20-25-15-10-11-16-29(25)46(30)38(52)32(23(4)5)45-36(50)31(22(2)3)44-34(48)28-21-40-17-18-41-28/h7-9,13-14,17-18,21-23,25-27,29-32H,6,10-12,15-16,19-20H2,1-5H3,(H,42,49)(H,43,51)(H,44,48)(H,45,50)(H,53,54)/t25?,26?,27-,29?,30-,31-,32-/m0/s1. The van der Waals surface area contributed by atoms with Gasteiger partial charge in [0.25, 0.3) is 11.8 Å². The average molecular weight is 748 g/mol. The number of fused-ring (bicyclic) bond motifs is 1. The molecule has 0 spiro atoms. The number of carbonyl (C=O) groups excluding carboxylic acids is 6. The Morgan fingerprint density at radius 1 is 0.852 bits per heavy atom. The van der Waals surface area contributed by atoms with Crippen molar-refractivity contribution in [2.24, 2.45) is 17.8 Å². The number of benzene rings is 1. The Bertz CT molecular complexity index is 1650. The van der Waals surface area contributed by atoms with E-state index < -0.39 is 77.4 Å². The summed E-state index contributed by atoms with van der Waals surface area (Å²) in [4.78, 5) is 103. The lowest BCUT2D eigenvalue weighted by molar-refractivity contribution is -0.147. The largest absolute Gasteiger partial charge is 0.480 e. The fourth-order valence-corrected chi connectivity index (χ4v) is 7.36. The lowest BCUT2D eigenvalue weighted by Gasteiger charge is -2.37. The second-order valence-corrected chi connectivity index (χ2v) is 14.9. The average Bonchev–Trinajstić information content (AvgIpc) is 3.55. The number of ketones is 1. The summed E-state index contributed by atoms with van der Waals surface area (Å²) >= 11 is 0. The first-order valence-corrected chi connectivity index (χ1v) is 18.8. The highest BCUT2D eigenvalue weighted by molar-refractivity contribution is 6.38. The predicted octanol–water partition coefficient (Wildman–Crippen LogP) is 2.20. The molecule has 15 nitrogen and oxygen atoms in total. The number of likely N-dealkylation sites (tertiary alicyclic amines) is 1. The number of nitrogens with one attached hydrogen (secondary N) is 4. The van der Waals surface area contributed by atoms with Crippen molar-refractivity contribution in [2.75, 3.05) is 0 Å². The summed E-state index contributed by atoms with van der Waals surface area (Å²) in [5, 5.41) is 20.4. The Balaban J connectivity index is 1.52. The predicted molar refractivity (Wildman–Crippen MR) is 197 cm³/mol. The van der Waals surface area contributed by atoms with Crippen LogP contribution < -0.4 is 21.3 Å². The van der Waals surface area contributed by atoms with Crippen LogP contribution in [0.2, 0.25) is 0 Å². The van der Waals surface area contributed by atoms with Crippen LogP contribution in [0.15, 0.2) is 48.9 Å². The molecule has 2 fully saturated rings. The van der Waals surface area contributed by atoms with E-state index in [9.17, 15) is 38.7 Å². The van der Waals surface area contributed by atoms with E-state index in [1.165, 1.54) is 18.6 Å². The Kier molecular flexibility index (Phi) is 14.8. The molecule has 4 rings (SSSR count). The number of rotatable bonds is 17. The fraction of sp³-hybridized carbons (Fsp3) is 0.564. The number of carbonyl (C=O) groups is 7. The van der Waals surface area contributed by atoms with Gasteiger partial charge in [0.1, 0.15) is 29.9 Å². The van der Waals surface area contributed by atoms with E-state index in [1.807, 2.05) is 0 Å². The summed E-state index contributed by atoms with van der Waals surface area (Å²) in [6.45, 7) is 8.88. The number of aromatic nitrogens is 2. The molecule has 15 heteroatoms. The van der Waals surface area contributed by atoms with E-state index in [0.717, 1.165) is 19.3 Å². The van der Waals surface area contributed by atoms with E-state index in [0.29, 0.717) is 24.8 Å². The zero-order valence-electron chi connectivity index (χ0n) is 31.6. The van der Waals surface area contributed by atoms with Crippen LogP contribution in [0.1, 0.15) is 95.6 Å². The normalized spacial score (nSPS) is 20.2. The Hall–Kier alpha value is -5.21. The molecule has 3 unspecified atom stereocenters. The number of nitrogens with zero attached hydrogens (tertiary/aromatic N) is 3. The maximum atomic E-state index is 14.6. The third-order valence-corrected chi connectivity index (χ3v) is 10.2. The van der Waals surface area contributed by atoms with E-state index in [4.69, 9.17) is 0 Å². The minimum atomic E-state index is -1.37. The summed E-state index contributed by atoms with van der Waals surface area (Å²) in [6.07, 6.45) is 8.19. The third-order valence-electron chi connectivity index (χ3n) is 10.2. The first-order valence-electron chi connectivity index (χ1n) is 18.8. The van der Waals surface area contributed by atoms with Crippen molar-refractivity contribution < 1.29 is 38.7 Å². The van der Waals surface area contributed by atoms with E-state index in [2.05, 4.69) is 31.2 Å². The molecule has 1 aromatic heterocycles. The van der Waals surface area contributed by atoms with Gasteiger partial charge in [0.15, 0.2) is 0 Å². The molecule has 0 bridgehead atoms. The summed E-state index contributed by atoms with van der Waals surface area (Å²) < 4.78 is 0. The number of hydrogen-bond acceptors (Lipinski definition) is 9. The molecule has 5 amide bonds. The number of amides is 5. The van der Waals surface area contributed by atoms with Gasteiger partial charge < -0.3 is 31.3 Å². The van der Waals surface area contributed by atoms with Crippen molar-refractivity contribution in [1.29, 1.82) is 0 Å². The monoisotopic (exact) mass is 747 g/mol. The van der Waals surface area contributed by atoms with Gasteiger partial charge in [-0.05, 0) is 49.0 Å². The van der Waals surface area contributed by atoms with Crippen molar-refractivity contribution in [3.8, 4) is 0 Å². The van der Waals surface area contributed by atoms with Crippen molar-refractivity contribution in [1.82, 2.24) is 36.1 Å². The van der Waals surface area contributed by atoms with Gasteiger partial charge in [-0.1, -0.05) is 84.2 Å². The summed E-state index contributed by atoms with van der Waals surface area (Å²) in [6, 6.07) is 2.78. The van der Waals surface area contributed by atoms with Crippen LogP contribution in [0.3, 0.4) is 0 Å². The molecule has 2 heterocycles. The molecule has 1 saturated heterocycles. The lowest BCUT2D eigenvalue weighted by atomic mass is 9.84.